The molecule has 10 nitrogen and oxygen atoms in total. The fourth-order valence-corrected chi connectivity index (χ4v) is 3.07. The number of benzene rings is 3. The normalized spacial score (nSPS) is 11.0. The van der Waals surface area contributed by atoms with Crippen molar-refractivity contribution in [1.29, 1.82) is 0 Å². The molecule has 0 bridgehead atoms. The summed E-state index contributed by atoms with van der Waals surface area (Å²) in [7, 11) is 0. The van der Waals surface area contributed by atoms with Gasteiger partial charge in [0.2, 0.25) is 0 Å². The van der Waals surface area contributed by atoms with E-state index in [2.05, 4.69) is 15.3 Å². The number of carbonyl (C=O) groups excluding carboxylic acids is 1. The van der Waals surface area contributed by atoms with Gasteiger partial charge in [-0.15, -0.1) is 10.2 Å². The fraction of sp³-hybridized carbons (Fsp3) is 0. The van der Waals surface area contributed by atoms with E-state index in [1.807, 2.05) is 0 Å². The first-order chi connectivity index (χ1) is 15.5. The van der Waals surface area contributed by atoms with Crippen molar-refractivity contribution in [3.63, 3.8) is 0 Å². The summed E-state index contributed by atoms with van der Waals surface area (Å²) in [6.07, 6.45) is 0. The Labute approximate surface area is 180 Å². The molecule has 0 aliphatic carbocycles. The van der Waals surface area contributed by atoms with Crippen LogP contribution in [0.5, 0.6) is 0 Å². The number of non-ortho nitro benzene ring substituents is 1. The SMILES string of the molecule is O=C([O-])c1ccccc1N=Nc1c(-c2ccc([N+](=O)[O-])cc2)[nH]n(-c2ccccc2)c1=O. The molecule has 4 rings (SSSR count). The van der Waals surface area contributed by atoms with Crippen LogP contribution in [-0.4, -0.2) is 20.7 Å². The summed E-state index contributed by atoms with van der Waals surface area (Å²) in [6, 6.07) is 20.2. The van der Waals surface area contributed by atoms with Gasteiger partial charge in [0.25, 0.3) is 11.2 Å². The molecule has 32 heavy (non-hydrogen) atoms. The molecular weight excluding hydrogens is 414 g/mol. The molecule has 10 heteroatoms. The van der Waals surface area contributed by atoms with Crippen LogP contribution in [0.15, 0.2) is 93.9 Å². The van der Waals surface area contributed by atoms with Gasteiger partial charge in [0.05, 0.1) is 28.0 Å². The second-order valence-corrected chi connectivity index (χ2v) is 6.62. The Morgan fingerprint density at radius 3 is 2.22 bits per heavy atom. The van der Waals surface area contributed by atoms with Gasteiger partial charge in [0.15, 0.2) is 5.69 Å². The number of carboxylic acids is 1. The maximum atomic E-state index is 13.1. The zero-order valence-corrected chi connectivity index (χ0v) is 16.3. The van der Waals surface area contributed by atoms with Crippen LogP contribution in [0.1, 0.15) is 10.4 Å². The van der Waals surface area contributed by atoms with E-state index in [0.29, 0.717) is 11.3 Å². The van der Waals surface area contributed by atoms with Crippen molar-refractivity contribution in [3.05, 3.63) is 105 Å². The van der Waals surface area contributed by atoms with Gasteiger partial charge >= 0.3 is 0 Å². The number of hydrogen-bond acceptors (Lipinski definition) is 7. The highest BCUT2D eigenvalue weighted by atomic mass is 16.6. The van der Waals surface area contributed by atoms with Crippen molar-refractivity contribution in [2.45, 2.75) is 0 Å². The monoisotopic (exact) mass is 428 g/mol. The zero-order valence-electron chi connectivity index (χ0n) is 16.3. The molecule has 0 fully saturated rings. The minimum Gasteiger partial charge on any atom is -0.545 e. The minimum absolute atomic E-state index is 0.0222. The van der Waals surface area contributed by atoms with Gasteiger partial charge in [-0.3, -0.25) is 20.0 Å². The Kier molecular flexibility index (Phi) is 5.41. The van der Waals surface area contributed by atoms with E-state index < -0.39 is 16.5 Å². The smallest absolute Gasteiger partial charge is 0.299 e. The first kappa shape index (κ1) is 20.4. The number of rotatable bonds is 6. The predicted molar refractivity (Wildman–Crippen MR) is 113 cm³/mol. The summed E-state index contributed by atoms with van der Waals surface area (Å²) >= 11 is 0. The lowest BCUT2D eigenvalue weighted by molar-refractivity contribution is -0.384. The van der Waals surface area contributed by atoms with Crippen molar-refractivity contribution < 1.29 is 14.8 Å². The third-order valence-corrected chi connectivity index (χ3v) is 4.63. The fourth-order valence-electron chi connectivity index (χ4n) is 3.07. The molecule has 158 valence electrons. The lowest BCUT2D eigenvalue weighted by Gasteiger charge is -2.04. The molecular formula is C22H14N5O5-. The van der Waals surface area contributed by atoms with Crippen LogP contribution >= 0.6 is 0 Å². The number of nitro groups is 1. The molecule has 0 aliphatic rings. The summed E-state index contributed by atoms with van der Waals surface area (Å²) in [5, 5.41) is 33.2. The van der Waals surface area contributed by atoms with Gasteiger partial charge in [-0.1, -0.05) is 36.4 Å². The number of aromatic nitrogens is 2. The van der Waals surface area contributed by atoms with Crippen LogP contribution < -0.4 is 10.7 Å². The molecule has 1 aromatic heterocycles. The summed E-state index contributed by atoms with van der Waals surface area (Å²) < 4.78 is 1.26. The van der Waals surface area contributed by atoms with E-state index in [1.165, 1.54) is 47.1 Å². The highest BCUT2D eigenvalue weighted by molar-refractivity contribution is 5.91. The number of nitrogens with one attached hydrogen (secondary N) is 1. The standard InChI is InChI=1S/C22H15N5O5/c28-21-20(24-23-18-9-5-4-8-17(18)22(29)30)19(14-10-12-16(13-11-14)27(31)32)25-26(21)15-6-2-1-3-7-15/h1-13,25H,(H,29,30)/p-1. The second kappa shape index (κ2) is 8.48. The largest absolute Gasteiger partial charge is 0.545 e. The molecule has 0 radical (unpaired) electrons. The molecule has 0 amide bonds. The van der Waals surface area contributed by atoms with Crippen LogP contribution in [0.4, 0.5) is 17.1 Å². The lowest BCUT2D eigenvalue weighted by Crippen LogP contribution is -2.22. The minimum atomic E-state index is -1.43. The molecule has 0 saturated carbocycles. The Morgan fingerprint density at radius 2 is 1.56 bits per heavy atom. The topological polar surface area (TPSA) is 146 Å². The van der Waals surface area contributed by atoms with Gasteiger partial charge in [0.1, 0.15) is 0 Å². The molecule has 0 spiro atoms. The van der Waals surface area contributed by atoms with Crippen LogP contribution in [0, 0.1) is 10.1 Å². The number of carboxylic acid groups (broad SMARTS) is 1. The summed E-state index contributed by atoms with van der Waals surface area (Å²) in [4.78, 5) is 34.9. The van der Waals surface area contributed by atoms with Crippen LogP contribution in [-0.2, 0) is 0 Å². The van der Waals surface area contributed by atoms with Gasteiger partial charge in [0, 0.05) is 23.3 Å². The van der Waals surface area contributed by atoms with Gasteiger partial charge in [-0.05, 0) is 30.3 Å². The van der Waals surface area contributed by atoms with E-state index in [-0.39, 0.29) is 28.3 Å². The number of H-pyrrole nitrogens is 1. The number of carbonyl (C=O) groups is 1. The van der Waals surface area contributed by atoms with Crippen molar-refractivity contribution in [2.75, 3.05) is 0 Å². The van der Waals surface area contributed by atoms with E-state index in [1.54, 1.807) is 36.4 Å². The maximum Gasteiger partial charge on any atom is 0.299 e. The van der Waals surface area contributed by atoms with Gasteiger partial charge in [-0.2, -0.15) is 0 Å². The summed E-state index contributed by atoms with van der Waals surface area (Å²) in [5.74, 6) is -1.43. The number of hydrogen-bond donors (Lipinski definition) is 1. The molecule has 1 heterocycles. The first-order valence-corrected chi connectivity index (χ1v) is 9.33. The lowest BCUT2D eigenvalue weighted by atomic mass is 10.1. The molecule has 3 aromatic carbocycles. The molecule has 0 unspecified atom stereocenters. The summed E-state index contributed by atoms with van der Waals surface area (Å²) in [6.45, 7) is 0. The molecule has 4 aromatic rings. The Balaban J connectivity index is 1.87. The third-order valence-electron chi connectivity index (χ3n) is 4.63. The first-order valence-electron chi connectivity index (χ1n) is 9.33. The third kappa shape index (κ3) is 3.92. The van der Waals surface area contributed by atoms with E-state index in [0.717, 1.165) is 0 Å². The summed E-state index contributed by atoms with van der Waals surface area (Å²) in [5.41, 5.74) is 0.394. The van der Waals surface area contributed by atoms with Crippen LogP contribution in [0.2, 0.25) is 0 Å². The number of nitrogens with zero attached hydrogens (tertiary/aromatic N) is 4. The number of azo groups is 1. The number of aromatic carboxylic acids is 1. The highest BCUT2D eigenvalue weighted by Gasteiger charge is 2.18. The van der Waals surface area contributed by atoms with Crippen LogP contribution in [0.25, 0.3) is 16.9 Å². The van der Waals surface area contributed by atoms with Crippen molar-refractivity contribution in [2.24, 2.45) is 10.2 Å². The zero-order chi connectivity index (χ0) is 22.7. The van der Waals surface area contributed by atoms with Crippen molar-refractivity contribution in [1.82, 2.24) is 9.78 Å². The Bertz CT molecular complexity index is 1390. The van der Waals surface area contributed by atoms with Crippen LogP contribution in [0.3, 0.4) is 0 Å². The van der Waals surface area contributed by atoms with Gasteiger partial charge in [-0.25, -0.2) is 4.68 Å². The number of aromatic amines is 1. The molecule has 0 atom stereocenters. The quantitative estimate of drug-likeness (QED) is 0.284. The molecule has 1 N–H and O–H groups in total. The van der Waals surface area contributed by atoms with Gasteiger partial charge < -0.3 is 9.90 Å². The highest BCUT2D eigenvalue weighted by Crippen LogP contribution is 2.30. The Morgan fingerprint density at radius 1 is 0.906 bits per heavy atom. The van der Waals surface area contributed by atoms with E-state index in [9.17, 15) is 24.8 Å². The Hall–Kier alpha value is -4.86. The van der Waals surface area contributed by atoms with E-state index >= 15 is 0 Å². The second-order valence-electron chi connectivity index (χ2n) is 6.62. The average molecular weight is 428 g/mol. The van der Waals surface area contributed by atoms with Crippen molar-refractivity contribution in [3.8, 4) is 16.9 Å². The van der Waals surface area contributed by atoms with Crippen molar-refractivity contribution >= 4 is 23.0 Å². The van der Waals surface area contributed by atoms with E-state index in [4.69, 9.17) is 0 Å². The number of para-hydroxylation sites is 1. The molecule has 0 aliphatic heterocycles. The maximum absolute atomic E-state index is 13.1. The average Bonchev–Trinajstić information content (AvgIpc) is 3.14. The number of nitro benzene ring substituents is 1. The molecule has 0 saturated heterocycles. The predicted octanol–water partition coefficient (Wildman–Crippen LogP) is 3.52.